The van der Waals surface area contributed by atoms with E-state index < -0.39 is 22.2 Å². The molecule has 0 radical (unpaired) electrons. The lowest BCUT2D eigenvalue weighted by Crippen LogP contribution is -2.49. The van der Waals surface area contributed by atoms with E-state index in [4.69, 9.17) is 4.74 Å². The van der Waals surface area contributed by atoms with Gasteiger partial charge < -0.3 is 14.9 Å². The standard InChI is InChI=1S/C25H33N3O5S/c1-18-14-28(19(2)17-29)34(31,32)25-11-10-21(9-8-20(3)30)13-23(25)33-24(18)16-27(4)15-22-7-5-6-12-26-22/h5-7,10-13,18-20,24,29-30H,14-17H2,1-4H3/t18-,19-,20+,24+/m0/s1. The van der Waals surface area contributed by atoms with Crippen LogP contribution in [0.5, 0.6) is 5.75 Å². The van der Waals surface area contributed by atoms with Gasteiger partial charge in [-0.25, -0.2) is 8.42 Å². The summed E-state index contributed by atoms with van der Waals surface area (Å²) in [6.07, 6.45) is 0.625. The fourth-order valence-electron chi connectivity index (χ4n) is 3.85. The topological polar surface area (TPSA) is 103 Å². The van der Waals surface area contributed by atoms with Gasteiger partial charge in [-0.05, 0) is 51.2 Å². The first-order chi connectivity index (χ1) is 16.1. The van der Waals surface area contributed by atoms with Crippen LogP contribution in [0.3, 0.4) is 0 Å². The molecule has 2 N–H and O–H groups in total. The third-order valence-electron chi connectivity index (χ3n) is 5.74. The number of rotatable bonds is 6. The number of nitrogens with zero attached hydrogens (tertiary/aromatic N) is 3. The first-order valence-corrected chi connectivity index (χ1v) is 12.8. The predicted octanol–water partition coefficient (Wildman–Crippen LogP) is 1.71. The lowest BCUT2D eigenvalue weighted by Gasteiger charge is -2.37. The van der Waals surface area contributed by atoms with Crippen molar-refractivity contribution in [2.45, 2.75) is 50.5 Å². The average molecular weight is 488 g/mol. The average Bonchev–Trinajstić information content (AvgIpc) is 2.80. The molecule has 0 saturated carbocycles. The van der Waals surface area contributed by atoms with E-state index in [0.717, 1.165) is 5.69 Å². The van der Waals surface area contributed by atoms with Crippen molar-refractivity contribution in [2.75, 3.05) is 26.7 Å². The Kier molecular flexibility index (Phi) is 8.68. The van der Waals surface area contributed by atoms with Gasteiger partial charge in [-0.15, -0.1) is 0 Å². The number of benzene rings is 1. The predicted molar refractivity (Wildman–Crippen MR) is 130 cm³/mol. The van der Waals surface area contributed by atoms with Crippen LogP contribution in [0.2, 0.25) is 0 Å². The fourth-order valence-corrected chi connectivity index (χ4v) is 5.67. The molecule has 1 aromatic carbocycles. The Morgan fingerprint density at radius 2 is 2.06 bits per heavy atom. The van der Waals surface area contributed by atoms with Crippen molar-refractivity contribution >= 4 is 10.0 Å². The lowest BCUT2D eigenvalue weighted by atomic mass is 10.0. The van der Waals surface area contributed by atoms with Crippen molar-refractivity contribution < 1.29 is 23.4 Å². The molecule has 1 aliphatic heterocycles. The van der Waals surface area contributed by atoms with Gasteiger partial charge in [0.25, 0.3) is 0 Å². The van der Waals surface area contributed by atoms with Crippen LogP contribution in [-0.2, 0) is 16.6 Å². The number of hydrogen-bond acceptors (Lipinski definition) is 7. The van der Waals surface area contributed by atoms with E-state index in [1.165, 1.54) is 10.4 Å². The Morgan fingerprint density at radius 1 is 1.29 bits per heavy atom. The Morgan fingerprint density at radius 3 is 2.71 bits per heavy atom. The number of likely N-dealkylation sites (N-methyl/N-ethyl adjacent to an activating group) is 1. The van der Waals surface area contributed by atoms with Crippen LogP contribution in [0.15, 0.2) is 47.5 Å². The molecule has 0 spiro atoms. The SMILES string of the molecule is C[C@@H](O)C#Cc1ccc2c(c1)O[C@H](CN(C)Cc1ccccn1)[C@@H](C)CN([C@@H](C)CO)S2(=O)=O. The Bertz CT molecular complexity index is 1130. The maximum atomic E-state index is 13.5. The number of aliphatic hydroxyl groups is 2. The van der Waals surface area contributed by atoms with Crippen molar-refractivity contribution in [3.63, 3.8) is 0 Å². The molecular weight excluding hydrogens is 454 g/mol. The number of fused-ring (bicyclic) bond motifs is 1. The van der Waals surface area contributed by atoms with Gasteiger partial charge in [-0.2, -0.15) is 4.31 Å². The largest absolute Gasteiger partial charge is 0.487 e. The lowest BCUT2D eigenvalue weighted by molar-refractivity contribution is 0.0730. The van der Waals surface area contributed by atoms with Gasteiger partial charge in [0.1, 0.15) is 22.9 Å². The minimum absolute atomic E-state index is 0.0414. The number of ether oxygens (including phenoxy) is 1. The van der Waals surface area contributed by atoms with Crippen molar-refractivity contribution in [2.24, 2.45) is 5.92 Å². The van der Waals surface area contributed by atoms with Gasteiger partial charge in [0.05, 0.1) is 12.3 Å². The van der Waals surface area contributed by atoms with E-state index in [0.29, 0.717) is 18.7 Å². The van der Waals surface area contributed by atoms with E-state index >= 15 is 0 Å². The molecule has 1 aliphatic rings. The first-order valence-electron chi connectivity index (χ1n) is 11.3. The van der Waals surface area contributed by atoms with E-state index in [1.807, 2.05) is 32.2 Å². The van der Waals surface area contributed by atoms with E-state index in [9.17, 15) is 18.6 Å². The molecule has 9 heteroatoms. The van der Waals surface area contributed by atoms with Crippen molar-refractivity contribution in [1.82, 2.24) is 14.2 Å². The maximum absolute atomic E-state index is 13.5. The summed E-state index contributed by atoms with van der Waals surface area (Å²) in [7, 11) is -1.94. The summed E-state index contributed by atoms with van der Waals surface area (Å²) >= 11 is 0. The Balaban J connectivity index is 1.99. The quantitative estimate of drug-likeness (QED) is 0.598. The highest BCUT2D eigenvalue weighted by molar-refractivity contribution is 7.89. The minimum atomic E-state index is -3.91. The van der Waals surface area contributed by atoms with Gasteiger partial charge >= 0.3 is 0 Å². The zero-order valence-corrected chi connectivity index (χ0v) is 20.9. The summed E-state index contributed by atoms with van der Waals surface area (Å²) < 4.78 is 34.7. The molecule has 184 valence electrons. The third kappa shape index (κ3) is 6.34. The highest BCUT2D eigenvalue weighted by Gasteiger charge is 2.38. The van der Waals surface area contributed by atoms with Crippen LogP contribution in [0.4, 0.5) is 0 Å². The molecule has 3 rings (SSSR count). The maximum Gasteiger partial charge on any atom is 0.247 e. The fraction of sp³-hybridized carbons (Fsp3) is 0.480. The molecule has 0 aliphatic carbocycles. The molecule has 2 heterocycles. The molecule has 0 amide bonds. The van der Waals surface area contributed by atoms with Gasteiger partial charge in [0.2, 0.25) is 10.0 Å². The zero-order valence-electron chi connectivity index (χ0n) is 20.0. The minimum Gasteiger partial charge on any atom is -0.487 e. The highest BCUT2D eigenvalue weighted by atomic mass is 32.2. The van der Waals surface area contributed by atoms with Crippen LogP contribution in [0, 0.1) is 17.8 Å². The molecule has 0 saturated heterocycles. The second-order valence-electron chi connectivity index (χ2n) is 8.86. The molecule has 4 atom stereocenters. The zero-order chi connectivity index (χ0) is 24.9. The number of aromatic nitrogens is 1. The van der Waals surface area contributed by atoms with Gasteiger partial charge in [-0.1, -0.05) is 24.8 Å². The second kappa shape index (κ2) is 11.3. The monoisotopic (exact) mass is 487 g/mol. The van der Waals surface area contributed by atoms with Gasteiger partial charge in [0.15, 0.2) is 0 Å². The summed E-state index contributed by atoms with van der Waals surface area (Å²) in [6, 6.07) is 9.88. The first kappa shape index (κ1) is 26.1. The number of hydrogen-bond donors (Lipinski definition) is 2. The Hall–Kier alpha value is -2.48. The Labute approximate surface area is 202 Å². The molecule has 2 aromatic rings. The molecular formula is C25H33N3O5S. The van der Waals surface area contributed by atoms with Crippen molar-refractivity contribution in [3.8, 4) is 17.6 Å². The van der Waals surface area contributed by atoms with E-state index in [2.05, 4.69) is 21.7 Å². The number of pyridine rings is 1. The third-order valence-corrected chi connectivity index (χ3v) is 7.76. The molecule has 8 nitrogen and oxygen atoms in total. The normalized spacial score (nSPS) is 21.9. The molecule has 0 unspecified atom stereocenters. The molecule has 34 heavy (non-hydrogen) atoms. The van der Waals surface area contributed by atoms with E-state index in [-0.39, 0.29) is 35.8 Å². The summed E-state index contributed by atoms with van der Waals surface area (Å²) in [5.41, 5.74) is 1.48. The summed E-state index contributed by atoms with van der Waals surface area (Å²) in [6.45, 7) is 6.30. The van der Waals surface area contributed by atoms with Crippen LogP contribution < -0.4 is 4.74 Å². The molecule has 1 aromatic heterocycles. The van der Waals surface area contributed by atoms with Gasteiger partial charge in [0, 0.05) is 43.4 Å². The summed E-state index contributed by atoms with van der Waals surface area (Å²) in [4.78, 5) is 6.51. The van der Waals surface area contributed by atoms with Gasteiger partial charge in [-0.3, -0.25) is 9.88 Å². The summed E-state index contributed by atoms with van der Waals surface area (Å²) in [5.74, 6) is 5.59. The van der Waals surface area contributed by atoms with Crippen LogP contribution >= 0.6 is 0 Å². The second-order valence-corrected chi connectivity index (χ2v) is 10.7. The number of sulfonamides is 1. The van der Waals surface area contributed by atoms with Crippen molar-refractivity contribution in [3.05, 3.63) is 53.9 Å². The van der Waals surface area contributed by atoms with Crippen LogP contribution in [-0.4, -0.2) is 77.8 Å². The van der Waals surface area contributed by atoms with E-state index in [1.54, 1.807) is 32.2 Å². The van der Waals surface area contributed by atoms with Crippen LogP contribution in [0.1, 0.15) is 32.0 Å². The molecule has 0 fully saturated rings. The van der Waals surface area contributed by atoms with Crippen molar-refractivity contribution in [1.29, 1.82) is 0 Å². The summed E-state index contributed by atoms with van der Waals surface area (Å²) in [5, 5.41) is 19.3. The van der Waals surface area contributed by atoms with Crippen LogP contribution in [0.25, 0.3) is 0 Å². The number of aliphatic hydroxyl groups excluding tert-OH is 2. The molecule has 0 bridgehead atoms. The smallest absolute Gasteiger partial charge is 0.247 e. The highest BCUT2D eigenvalue weighted by Crippen LogP contribution is 2.34.